The molecule has 3 atom stereocenters. The molecule has 0 radical (unpaired) electrons. The highest BCUT2D eigenvalue weighted by Crippen LogP contribution is 2.68. The number of hydrogen-bond donors (Lipinski definition) is 1. The number of anilines is 1. The number of aromatic nitrogens is 5. The second kappa shape index (κ2) is 15.9. The molecule has 0 unspecified atom stereocenters. The lowest BCUT2D eigenvalue weighted by Crippen LogP contribution is -2.35. The zero-order valence-corrected chi connectivity index (χ0v) is 36.7. The lowest BCUT2D eigenvalue weighted by molar-refractivity contribution is -0.143. The van der Waals surface area contributed by atoms with E-state index in [2.05, 4.69) is 32.3 Å². The third-order valence-electron chi connectivity index (χ3n) is 11.1. The van der Waals surface area contributed by atoms with E-state index in [0.717, 1.165) is 31.7 Å². The summed E-state index contributed by atoms with van der Waals surface area (Å²) in [5.74, 6) is -5.32. The molecule has 2 aliphatic rings. The van der Waals surface area contributed by atoms with Crippen molar-refractivity contribution < 1.29 is 65.5 Å². The molecule has 5 aromatic rings. The monoisotopic (exact) mass is 981 g/mol. The van der Waals surface area contributed by atoms with Crippen LogP contribution < -0.4 is 9.62 Å². The Morgan fingerprint density at radius 3 is 2.18 bits per heavy atom. The molecule has 25 heteroatoms. The average molecular weight is 982 g/mol. The van der Waals surface area contributed by atoms with E-state index >= 15 is 8.78 Å². The first-order valence-electron chi connectivity index (χ1n) is 19.0. The molecule has 0 spiro atoms. The van der Waals surface area contributed by atoms with Crippen LogP contribution in [0.2, 0.25) is 5.02 Å². The standard InChI is InChI=1S/C40H34ClF10N7O5S2/c1-37(2,64(4,60)61)11-10-22-6-7-23(24-8-9-27(41)31-33(24)58(18-38(44,45)46)55-36(31)56(3)65(5,62)63)32(52-22)28(14-19-12-20(42)15-21(43)13-19)53-29(59)17-57-35-30(34(54-57)40(49,50)51)25-16-26(25)39(35,47)48/h6-9,12-13,15,25-26,28H,14,16-18H2,1-5H3,(H,53,59)/t25-,26+,28-/m0/s1. The van der Waals surface area contributed by atoms with E-state index in [-0.39, 0.29) is 49.6 Å². The third-order valence-corrected chi connectivity index (χ3v) is 14.5. The largest absolute Gasteiger partial charge is 0.435 e. The number of fused-ring (bicyclic) bond motifs is 4. The summed E-state index contributed by atoms with van der Waals surface area (Å²) in [5.41, 5.74) is -5.12. The molecular formula is C40H34ClF10N7O5S2. The van der Waals surface area contributed by atoms with Crippen LogP contribution in [0.5, 0.6) is 0 Å². The predicted molar refractivity (Wildman–Crippen MR) is 216 cm³/mol. The van der Waals surface area contributed by atoms with Crippen molar-refractivity contribution in [1.82, 2.24) is 29.9 Å². The van der Waals surface area contributed by atoms with Crippen LogP contribution in [0.15, 0.2) is 42.5 Å². The van der Waals surface area contributed by atoms with E-state index in [4.69, 9.17) is 11.6 Å². The fraction of sp³-hybridized carbons (Fsp3) is 0.400. The van der Waals surface area contributed by atoms with Crippen LogP contribution >= 0.6 is 11.6 Å². The second-order valence-corrected chi connectivity index (χ2v) is 21.2. The first-order valence-corrected chi connectivity index (χ1v) is 23.1. The number of carbonyl (C=O) groups excluding carboxylic acids is 1. The van der Waals surface area contributed by atoms with Crippen molar-refractivity contribution in [2.45, 2.75) is 74.8 Å². The highest BCUT2D eigenvalue weighted by molar-refractivity contribution is 7.92. The number of nitrogens with zero attached hydrogens (tertiary/aromatic N) is 6. The third kappa shape index (κ3) is 9.23. The van der Waals surface area contributed by atoms with Crippen LogP contribution in [-0.4, -0.2) is 77.8 Å². The minimum Gasteiger partial charge on any atom is -0.346 e. The number of benzene rings is 2. The molecule has 1 fully saturated rings. The Morgan fingerprint density at radius 1 is 0.969 bits per heavy atom. The topological polar surface area (TPSA) is 149 Å². The number of rotatable bonds is 11. The highest BCUT2D eigenvalue weighted by atomic mass is 35.5. The number of pyridine rings is 1. The van der Waals surface area contributed by atoms with Gasteiger partial charge in [-0.05, 0) is 74.4 Å². The number of sulfonamides is 1. The molecule has 2 aliphatic carbocycles. The van der Waals surface area contributed by atoms with Crippen molar-refractivity contribution in [2.24, 2.45) is 5.92 Å². The van der Waals surface area contributed by atoms with Crippen LogP contribution in [0.25, 0.3) is 22.0 Å². The van der Waals surface area contributed by atoms with Gasteiger partial charge in [0.2, 0.25) is 15.9 Å². The van der Waals surface area contributed by atoms with E-state index in [9.17, 15) is 56.8 Å². The van der Waals surface area contributed by atoms with Gasteiger partial charge >= 0.3 is 12.4 Å². The SMILES string of the molecule is CN(c1nn(CC(F)(F)F)c2c(-c3ccc(C#CC(C)(C)S(C)(=O)=O)nc3[C@H](Cc3cc(F)cc(F)c3)NC(=O)Cn3nc(C(F)(F)F)c4c3C(F)(F)[C@@H]3C[C@H]43)ccc(Cl)c12)S(C)(=O)=O. The molecule has 1 N–H and O–H groups in total. The molecule has 1 saturated carbocycles. The zero-order valence-electron chi connectivity index (χ0n) is 34.3. The van der Waals surface area contributed by atoms with Gasteiger partial charge in [0, 0.05) is 42.0 Å². The minimum atomic E-state index is -5.19. The second-order valence-electron chi connectivity index (χ2n) is 16.2. The van der Waals surface area contributed by atoms with Crippen LogP contribution in [0, 0.1) is 29.4 Å². The molecule has 3 aromatic heterocycles. The Morgan fingerprint density at radius 2 is 1.60 bits per heavy atom. The molecular weight excluding hydrogens is 948 g/mol. The summed E-state index contributed by atoms with van der Waals surface area (Å²) in [6, 6.07) is 5.30. The van der Waals surface area contributed by atoms with Gasteiger partial charge in [0.1, 0.15) is 40.9 Å². The van der Waals surface area contributed by atoms with Gasteiger partial charge in [0.25, 0.3) is 5.92 Å². The Labute approximate surface area is 368 Å². The zero-order chi connectivity index (χ0) is 48.1. The van der Waals surface area contributed by atoms with Crippen molar-refractivity contribution in [3.63, 3.8) is 0 Å². The first kappa shape index (κ1) is 47.5. The first-order chi connectivity index (χ1) is 29.8. The van der Waals surface area contributed by atoms with Gasteiger partial charge in [-0.3, -0.25) is 18.5 Å². The van der Waals surface area contributed by atoms with Gasteiger partial charge in [-0.2, -0.15) is 45.3 Å². The summed E-state index contributed by atoms with van der Waals surface area (Å²) in [5, 5.41) is 9.20. The van der Waals surface area contributed by atoms with Gasteiger partial charge < -0.3 is 5.32 Å². The van der Waals surface area contributed by atoms with Gasteiger partial charge in [0.15, 0.2) is 21.3 Å². The van der Waals surface area contributed by atoms with Crippen LogP contribution in [0.3, 0.4) is 0 Å². The van der Waals surface area contributed by atoms with Gasteiger partial charge in [0.05, 0.1) is 33.9 Å². The van der Waals surface area contributed by atoms with Gasteiger partial charge in [-0.1, -0.05) is 23.6 Å². The van der Waals surface area contributed by atoms with Crippen LogP contribution in [0.4, 0.5) is 49.7 Å². The Bertz CT molecular complexity index is 3070. The molecule has 12 nitrogen and oxygen atoms in total. The summed E-state index contributed by atoms with van der Waals surface area (Å²) in [6.07, 6.45) is -9.40. The van der Waals surface area contributed by atoms with E-state index in [1.807, 2.05) is 0 Å². The molecule has 0 saturated heterocycles. The summed E-state index contributed by atoms with van der Waals surface area (Å²) in [7, 11) is -7.05. The molecule has 0 bridgehead atoms. The highest BCUT2D eigenvalue weighted by Gasteiger charge is 2.68. The minimum absolute atomic E-state index is 0.190. The van der Waals surface area contributed by atoms with E-state index in [1.54, 1.807) is 0 Å². The summed E-state index contributed by atoms with van der Waals surface area (Å²) in [6.45, 7) is -0.534. The average Bonchev–Trinajstić information content (AvgIpc) is 3.66. The lowest BCUT2D eigenvalue weighted by Gasteiger charge is -2.23. The van der Waals surface area contributed by atoms with Crippen molar-refractivity contribution >= 4 is 54.1 Å². The van der Waals surface area contributed by atoms with Gasteiger partial charge in [-0.25, -0.2) is 30.6 Å². The Balaban J connectivity index is 1.46. The normalized spacial score (nSPS) is 17.6. The summed E-state index contributed by atoms with van der Waals surface area (Å²) >= 11 is 6.53. The smallest absolute Gasteiger partial charge is 0.346 e. The maximum Gasteiger partial charge on any atom is 0.435 e. The number of amides is 1. The maximum atomic E-state index is 15.5. The molecule has 2 aromatic carbocycles. The lowest BCUT2D eigenvalue weighted by atomic mass is 9.93. The van der Waals surface area contributed by atoms with Crippen molar-refractivity contribution in [2.75, 3.05) is 23.9 Å². The number of nitrogens with one attached hydrogen (secondary N) is 1. The molecule has 7 rings (SSSR count). The van der Waals surface area contributed by atoms with Crippen LogP contribution in [-0.2, 0) is 56.3 Å². The van der Waals surface area contributed by atoms with Crippen molar-refractivity contribution in [1.29, 1.82) is 0 Å². The van der Waals surface area contributed by atoms with E-state index in [0.29, 0.717) is 15.1 Å². The molecule has 1 amide bonds. The molecule has 3 heterocycles. The number of hydrogen-bond acceptors (Lipinski definition) is 8. The van der Waals surface area contributed by atoms with E-state index in [1.165, 1.54) is 38.1 Å². The predicted octanol–water partition coefficient (Wildman–Crippen LogP) is 7.69. The molecule has 348 valence electrons. The Kier molecular flexibility index (Phi) is 11.6. The van der Waals surface area contributed by atoms with E-state index < -0.39 is 126 Å². The van der Waals surface area contributed by atoms with Crippen molar-refractivity contribution in [3.05, 3.63) is 93.0 Å². The van der Waals surface area contributed by atoms with Crippen molar-refractivity contribution in [3.8, 4) is 23.0 Å². The summed E-state index contributed by atoms with van der Waals surface area (Å²) in [4.78, 5) is 18.6. The quantitative estimate of drug-likeness (QED) is 0.105. The number of sulfone groups is 1. The van der Waals surface area contributed by atoms with Crippen LogP contribution in [0.1, 0.15) is 66.1 Å². The molecule has 65 heavy (non-hydrogen) atoms. The fourth-order valence-corrected chi connectivity index (χ4v) is 8.55. The molecule has 0 aliphatic heterocycles. The maximum absolute atomic E-state index is 15.5. The summed E-state index contributed by atoms with van der Waals surface area (Å²) < 4.78 is 195. The Hall–Kier alpha value is -5.41. The fourth-order valence-electron chi connectivity index (χ4n) is 7.64. The number of alkyl halides is 8. The van der Waals surface area contributed by atoms with Gasteiger partial charge in [-0.15, -0.1) is 0 Å². The number of halogens is 11. The number of carbonyl (C=O) groups is 1.